The number of fused-ring (bicyclic) bond motifs is 1. The maximum Gasteiger partial charge on any atom is 0.222 e. The van der Waals surface area contributed by atoms with E-state index in [4.69, 9.17) is 11.6 Å². The average molecular weight is 366 g/mol. The second-order valence-electron chi connectivity index (χ2n) is 4.46. The van der Waals surface area contributed by atoms with Gasteiger partial charge in [0.15, 0.2) is 0 Å². The Balaban J connectivity index is 2.12. The number of carbonyl (C=O) groups excluding carboxylic acids is 1. The van der Waals surface area contributed by atoms with Gasteiger partial charge in [-0.15, -0.1) is 0 Å². The fraction of sp³-hybridized carbons (Fsp3) is 0.0714. The summed E-state index contributed by atoms with van der Waals surface area (Å²) in [4.78, 5) is 22.8. The van der Waals surface area contributed by atoms with Crippen LogP contribution >= 0.6 is 27.5 Å². The van der Waals surface area contributed by atoms with E-state index in [-0.39, 0.29) is 5.91 Å². The maximum absolute atomic E-state index is 11.1. The van der Waals surface area contributed by atoms with E-state index in [0.717, 1.165) is 26.8 Å². The number of hydrogen-bond acceptors (Lipinski definition) is 3. The smallest absolute Gasteiger partial charge is 0.222 e. The van der Waals surface area contributed by atoms with Crippen LogP contribution in [0.15, 0.2) is 34.9 Å². The van der Waals surface area contributed by atoms with Gasteiger partial charge in [0.2, 0.25) is 5.91 Å². The maximum atomic E-state index is 11.1. The number of nitrogens with zero attached hydrogens (tertiary/aromatic N) is 2. The van der Waals surface area contributed by atoms with Crippen LogP contribution < -0.4 is 5.32 Å². The topological polar surface area (TPSA) is 70.7 Å². The van der Waals surface area contributed by atoms with Crippen LogP contribution in [-0.2, 0) is 4.79 Å². The molecule has 5 nitrogen and oxygen atoms in total. The Morgan fingerprint density at radius 1 is 1.38 bits per heavy atom. The van der Waals surface area contributed by atoms with Crippen molar-refractivity contribution in [1.82, 2.24) is 15.0 Å². The molecule has 106 valence electrons. The molecule has 7 heteroatoms. The van der Waals surface area contributed by atoms with Gasteiger partial charge in [0.1, 0.15) is 16.5 Å². The van der Waals surface area contributed by atoms with E-state index < -0.39 is 0 Å². The second-order valence-corrected chi connectivity index (χ2v) is 5.64. The van der Waals surface area contributed by atoms with Crippen molar-refractivity contribution < 1.29 is 4.79 Å². The molecular formula is C14H10BrClN4O. The zero-order chi connectivity index (χ0) is 15.0. The number of amides is 1. The highest BCUT2D eigenvalue weighted by Gasteiger charge is 2.13. The van der Waals surface area contributed by atoms with Crippen LogP contribution in [0.2, 0.25) is 5.15 Å². The Bertz CT molecular complexity index is 846. The average Bonchev–Trinajstić information content (AvgIpc) is 2.76. The van der Waals surface area contributed by atoms with Gasteiger partial charge in [-0.25, -0.2) is 9.97 Å². The molecule has 0 aliphatic carbocycles. The van der Waals surface area contributed by atoms with Crippen LogP contribution in [0.1, 0.15) is 6.92 Å². The lowest BCUT2D eigenvalue weighted by atomic mass is 10.2. The van der Waals surface area contributed by atoms with E-state index >= 15 is 0 Å². The number of H-pyrrole nitrogens is 1. The minimum absolute atomic E-state index is 0.163. The first-order valence-corrected chi connectivity index (χ1v) is 7.29. The van der Waals surface area contributed by atoms with E-state index in [9.17, 15) is 4.79 Å². The molecule has 1 amide bonds. The standard InChI is InChI=1S/C14H10BrClN4O/c1-7(21)18-11-6-8(4-5-17-11)13-12(15)14-9(19-13)2-3-10(16)20-14/h2-6,19H,1H3,(H,17,18,21). The quantitative estimate of drug-likeness (QED) is 0.674. The van der Waals surface area contributed by atoms with Crippen molar-refractivity contribution in [1.29, 1.82) is 0 Å². The van der Waals surface area contributed by atoms with Gasteiger partial charge in [0, 0.05) is 18.7 Å². The first-order valence-electron chi connectivity index (χ1n) is 6.12. The third kappa shape index (κ3) is 2.77. The molecule has 0 saturated carbocycles. The van der Waals surface area contributed by atoms with Gasteiger partial charge in [0.05, 0.1) is 15.7 Å². The number of aromatic nitrogens is 3. The molecule has 0 radical (unpaired) electrons. The zero-order valence-electron chi connectivity index (χ0n) is 10.9. The van der Waals surface area contributed by atoms with E-state index in [1.165, 1.54) is 6.92 Å². The molecule has 21 heavy (non-hydrogen) atoms. The Hall–Kier alpha value is -1.92. The van der Waals surface area contributed by atoms with Crippen molar-refractivity contribution in [2.75, 3.05) is 5.32 Å². The molecule has 3 rings (SSSR count). The summed E-state index contributed by atoms with van der Waals surface area (Å²) in [6, 6.07) is 7.24. The van der Waals surface area contributed by atoms with Crippen molar-refractivity contribution in [3.8, 4) is 11.3 Å². The minimum Gasteiger partial charge on any atom is -0.352 e. The molecule has 0 atom stereocenters. The van der Waals surface area contributed by atoms with Gasteiger partial charge in [-0.2, -0.15) is 0 Å². The van der Waals surface area contributed by atoms with Gasteiger partial charge in [0.25, 0.3) is 0 Å². The number of hydrogen-bond donors (Lipinski definition) is 2. The van der Waals surface area contributed by atoms with Gasteiger partial charge >= 0.3 is 0 Å². The minimum atomic E-state index is -0.163. The van der Waals surface area contributed by atoms with E-state index in [0.29, 0.717) is 11.0 Å². The number of aromatic amines is 1. The molecule has 0 bridgehead atoms. The molecule has 0 aliphatic heterocycles. The summed E-state index contributed by atoms with van der Waals surface area (Å²) in [5.41, 5.74) is 3.37. The van der Waals surface area contributed by atoms with E-state index in [2.05, 4.69) is 36.2 Å². The molecule has 3 heterocycles. The number of nitrogens with one attached hydrogen (secondary N) is 2. The molecule has 3 aromatic rings. The highest BCUT2D eigenvalue weighted by molar-refractivity contribution is 9.10. The van der Waals surface area contributed by atoms with Crippen LogP contribution in [0.25, 0.3) is 22.3 Å². The molecule has 3 aromatic heterocycles. The van der Waals surface area contributed by atoms with Gasteiger partial charge < -0.3 is 10.3 Å². The Morgan fingerprint density at radius 3 is 2.95 bits per heavy atom. The highest BCUT2D eigenvalue weighted by Crippen LogP contribution is 2.34. The third-order valence-electron chi connectivity index (χ3n) is 2.90. The fourth-order valence-corrected chi connectivity index (χ4v) is 2.82. The first kappa shape index (κ1) is 14.0. The Labute approximate surface area is 133 Å². The lowest BCUT2D eigenvalue weighted by molar-refractivity contribution is -0.114. The Morgan fingerprint density at radius 2 is 2.19 bits per heavy atom. The van der Waals surface area contributed by atoms with Crippen LogP contribution in [-0.4, -0.2) is 20.9 Å². The summed E-state index contributed by atoms with van der Waals surface area (Å²) in [6.07, 6.45) is 1.64. The summed E-state index contributed by atoms with van der Waals surface area (Å²) in [7, 11) is 0. The number of anilines is 1. The Kier molecular flexibility index (Phi) is 3.65. The molecule has 0 unspecified atom stereocenters. The summed E-state index contributed by atoms with van der Waals surface area (Å²) in [6.45, 7) is 1.44. The zero-order valence-corrected chi connectivity index (χ0v) is 13.3. The number of pyridine rings is 2. The number of carbonyl (C=O) groups is 1. The summed E-state index contributed by atoms with van der Waals surface area (Å²) < 4.78 is 0.819. The summed E-state index contributed by atoms with van der Waals surface area (Å²) >= 11 is 9.46. The van der Waals surface area contributed by atoms with Crippen LogP contribution in [0.4, 0.5) is 5.82 Å². The lowest BCUT2D eigenvalue weighted by Gasteiger charge is -2.04. The lowest BCUT2D eigenvalue weighted by Crippen LogP contribution is -2.07. The van der Waals surface area contributed by atoms with Crippen molar-refractivity contribution in [3.05, 3.63) is 40.1 Å². The van der Waals surface area contributed by atoms with Gasteiger partial charge in [-0.05, 0) is 40.2 Å². The first-order chi connectivity index (χ1) is 10.0. The summed E-state index contributed by atoms with van der Waals surface area (Å²) in [5, 5.41) is 3.09. The highest BCUT2D eigenvalue weighted by atomic mass is 79.9. The monoisotopic (exact) mass is 364 g/mol. The summed E-state index contributed by atoms with van der Waals surface area (Å²) in [5.74, 6) is 0.334. The predicted molar refractivity (Wildman–Crippen MR) is 86.3 cm³/mol. The number of rotatable bonds is 2. The second kappa shape index (κ2) is 5.46. The molecular weight excluding hydrogens is 356 g/mol. The largest absolute Gasteiger partial charge is 0.352 e. The molecule has 2 N–H and O–H groups in total. The molecule has 0 aromatic carbocycles. The van der Waals surface area contributed by atoms with Crippen LogP contribution in [0, 0.1) is 0 Å². The van der Waals surface area contributed by atoms with Crippen LogP contribution in [0.5, 0.6) is 0 Å². The van der Waals surface area contributed by atoms with Gasteiger partial charge in [-0.3, -0.25) is 4.79 Å². The van der Waals surface area contributed by atoms with E-state index in [1.807, 2.05) is 12.1 Å². The van der Waals surface area contributed by atoms with Crippen molar-refractivity contribution in [3.63, 3.8) is 0 Å². The van der Waals surface area contributed by atoms with Crippen LogP contribution in [0.3, 0.4) is 0 Å². The third-order valence-corrected chi connectivity index (χ3v) is 3.88. The SMILES string of the molecule is CC(=O)Nc1cc(-c2[nH]c3ccc(Cl)nc3c2Br)ccn1. The van der Waals surface area contributed by atoms with Gasteiger partial charge in [-0.1, -0.05) is 11.6 Å². The normalized spacial score (nSPS) is 10.8. The van der Waals surface area contributed by atoms with Crippen molar-refractivity contribution in [2.45, 2.75) is 6.92 Å². The van der Waals surface area contributed by atoms with Crippen molar-refractivity contribution in [2.24, 2.45) is 0 Å². The fourth-order valence-electron chi connectivity index (χ4n) is 2.05. The molecule has 0 spiro atoms. The molecule has 0 aliphatic rings. The molecule has 0 fully saturated rings. The number of halogens is 2. The van der Waals surface area contributed by atoms with E-state index in [1.54, 1.807) is 18.3 Å². The predicted octanol–water partition coefficient (Wildman–Crippen LogP) is 4.00. The molecule has 0 saturated heterocycles. The van der Waals surface area contributed by atoms with Crippen molar-refractivity contribution >= 4 is 50.3 Å².